The summed E-state index contributed by atoms with van der Waals surface area (Å²) in [5, 5.41) is 3.09. The standard InChI is InChI=1S/C20H20FNO5S/c1-2-26-20(25)18-14-4-3-5-15(14)28-19(18)22-16(23)11-27-17(24)10-12-6-8-13(21)9-7-12/h6-9H,2-5,10-11H2,1H3,(H,22,23). The molecule has 0 saturated heterocycles. The number of nitrogens with one attached hydrogen (secondary N) is 1. The van der Waals surface area contributed by atoms with Crippen LogP contribution in [-0.2, 0) is 38.3 Å². The van der Waals surface area contributed by atoms with Crippen LogP contribution in [0.4, 0.5) is 9.39 Å². The zero-order chi connectivity index (χ0) is 20.1. The number of aryl methyl sites for hydroxylation is 1. The first-order valence-corrected chi connectivity index (χ1v) is 9.81. The third kappa shape index (κ3) is 4.75. The molecule has 0 bridgehead atoms. The summed E-state index contributed by atoms with van der Waals surface area (Å²) in [7, 11) is 0. The number of carbonyl (C=O) groups excluding carboxylic acids is 3. The number of hydrogen-bond donors (Lipinski definition) is 1. The van der Waals surface area contributed by atoms with E-state index in [9.17, 15) is 18.8 Å². The summed E-state index contributed by atoms with van der Waals surface area (Å²) in [6.07, 6.45) is 2.56. The molecule has 1 aliphatic rings. The average molecular weight is 405 g/mol. The number of fused-ring (bicyclic) bond motifs is 1. The number of ether oxygens (including phenoxy) is 2. The maximum Gasteiger partial charge on any atom is 0.341 e. The van der Waals surface area contributed by atoms with E-state index in [2.05, 4.69) is 5.32 Å². The van der Waals surface area contributed by atoms with Crippen LogP contribution in [0.2, 0.25) is 0 Å². The van der Waals surface area contributed by atoms with Crippen LogP contribution in [0.15, 0.2) is 24.3 Å². The summed E-state index contributed by atoms with van der Waals surface area (Å²) in [5.74, 6) is -1.97. The van der Waals surface area contributed by atoms with Gasteiger partial charge in [0.05, 0.1) is 18.6 Å². The Morgan fingerprint density at radius 1 is 1.14 bits per heavy atom. The van der Waals surface area contributed by atoms with E-state index >= 15 is 0 Å². The third-order valence-electron chi connectivity index (χ3n) is 4.28. The topological polar surface area (TPSA) is 81.7 Å². The van der Waals surface area contributed by atoms with E-state index < -0.39 is 30.3 Å². The van der Waals surface area contributed by atoms with Crippen molar-refractivity contribution >= 4 is 34.2 Å². The fourth-order valence-corrected chi connectivity index (χ4v) is 4.33. The van der Waals surface area contributed by atoms with Crippen LogP contribution in [0.3, 0.4) is 0 Å². The molecule has 0 radical (unpaired) electrons. The van der Waals surface area contributed by atoms with Gasteiger partial charge in [-0.25, -0.2) is 9.18 Å². The smallest absolute Gasteiger partial charge is 0.341 e. The molecule has 0 atom stereocenters. The number of hydrogen-bond acceptors (Lipinski definition) is 6. The molecule has 1 aromatic carbocycles. The number of benzene rings is 1. The highest BCUT2D eigenvalue weighted by atomic mass is 32.1. The van der Waals surface area contributed by atoms with Crippen molar-refractivity contribution in [2.75, 3.05) is 18.5 Å². The van der Waals surface area contributed by atoms with Gasteiger partial charge in [0.25, 0.3) is 5.91 Å². The van der Waals surface area contributed by atoms with Crippen molar-refractivity contribution in [3.63, 3.8) is 0 Å². The number of rotatable bonds is 7. The second kappa shape index (κ2) is 8.97. The summed E-state index contributed by atoms with van der Waals surface area (Å²) in [5.41, 5.74) is 1.93. The Kier molecular flexibility index (Phi) is 6.41. The number of anilines is 1. The number of halogens is 1. The van der Waals surface area contributed by atoms with Crippen LogP contribution in [0.5, 0.6) is 0 Å². The highest BCUT2D eigenvalue weighted by Crippen LogP contribution is 2.39. The second-order valence-electron chi connectivity index (χ2n) is 6.29. The minimum Gasteiger partial charge on any atom is -0.462 e. The first kappa shape index (κ1) is 20.0. The van der Waals surface area contributed by atoms with Gasteiger partial charge in [-0.3, -0.25) is 9.59 Å². The summed E-state index contributed by atoms with van der Waals surface area (Å²) < 4.78 is 23.0. The minimum absolute atomic E-state index is 0.0606. The minimum atomic E-state index is -0.596. The molecular weight excluding hydrogens is 385 g/mol. The second-order valence-corrected chi connectivity index (χ2v) is 7.40. The normalized spacial score (nSPS) is 12.4. The molecule has 0 unspecified atom stereocenters. The Labute approximate surface area is 165 Å². The van der Waals surface area contributed by atoms with Crippen molar-refractivity contribution in [1.29, 1.82) is 0 Å². The fraction of sp³-hybridized carbons (Fsp3) is 0.350. The number of carbonyl (C=O) groups is 3. The van der Waals surface area contributed by atoms with E-state index in [0.717, 1.165) is 29.7 Å². The highest BCUT2D eigenvalue weighted by molar-refractivity contribution is 7.17. The van der Waals surface area contributed by atoms with Gasteiger partial charge in [0, 0.05) is 4.88 Å². The SMILES string of the molecule is CCOC(=O)c1c(NC(=O)COC(=O)Cc2ccc(F)cc2)sc2c1CCC2. The van der Waals surface area contributed by atoms with Gasteiger partial charge in [0.2, 0.25) is 0 Å². The van der Waals surface area contributed by atoms with Gasteiger partial charge in [-0.1, -0.05) is 12.1 Å². The van der Waals surface area contributed by atoms with Gasteiger partial charge in [-0.15, -0.1) is 11.3 Å². The molecule has 0 aliphatic heterocycles. The number of thiophene rings is 1. The Morgan fingerprint density at radius 3 is 2.61 bits per heavy atom. The molecule has 1 amide bonds. The molecule has 1 aliphatic carbocycles. The van der Waals surface area contributed by atoms with Gasteiger partial charge in [0.1, 0.15) is 10.8 Å². The molecule has 3 rings (SSSR count). The molecular formula is C20H20FNO5S. The van der Waals surface area contributed by atoms with E-state index in [0.29, 0.717) is 16.1 Å². The largest absolute Gasteiger partial charge is 0.462 e. The molecule has 6 nitrogen and oxygen atoms in total. The number of amides is 1. The lowest BCUT2D eigenvalue weighted by Crippen LogP contribution is -2.22. The van der Waals surface area contributed by atoms with Crippen LogP contribution in [0.1, 0.15) is 39.7 Å². The Morgan fingerprint density at radius 2 is 1.89 bits per heavy atom. The van der Waals surface area contributed by atoms with Gasteiger partial charge >= 0.3 is 11.9 Å². The Hall–Kier alpha value is -2.74. The van der Waals surface area contributed by atoms with Crippen molar-refractivity contribution < 1.29 is 28.2 Å². The van der Waals surface area contributed by atoms with Crippen LogP contribution in [-0.4, -0.2) is 31.1 Å². The Bertz CT molecular complexity index is 891. The summed E-state index contributed by atoms with van der Waals surface area (Å²) >= 11 is 1.36. The molecule has 148 valence electrons. The highest BCUT2D eigenvalue weighted by Gasteiger charge is 2.28. The van der Waals surface area contributed by atoms with Crippen molar-refractivity contribution in [1.82, 2.24) is 0 Å². The fourth-order valence-electron chi connectivity index (χ4n) is 3.04. The monoisotopic (exact) mass is 405 g/mol. The first-order valence-electron chi connectivity index (χ1n) is 8.99. The van der Waals surface area contributed by atoms with Crippen LogP contribution in [0.25, 0.3) is 0 Å². The predicted molar refractivity (Wildman–Crippen MR) is 102 cm³/mol. The predicted octanol–water partition coefficient (Wildman–Crippen LogP) is 3.28. The van der Waals surface area contributed by atoms with Crippen molar-refractivity contribution in [3.05, 3.63) is 51.7 Å². The van der Waals surface area contributed by atoms with Crippen LogP contribution < -0.4 is 5.32 Å². The molecule has 2 aromatic rings. The maximum absolute atomic E-state index is 12.9. The average Bonchev–Trinajstić information content (AvgIpc) is 3.22. The third-order valence-corrected chi connectivity index (χ3v) is 5.49. The van der Waals surface area contributed by atoms with E-state index in [4.69, 9.17) is 9.47 Å². The zero-order valence-corrected chi connectivity index (χ0v) is 16.2. The lowest BCUT2D eigenvalue weighted by molar-refractivity contribution is -0.146. The van der Waals surface area contributed by atoms with Crippen LogP contribution in [0, 0.1) is 5.82 Å². The number of esters is 2. The quantitative estimate of drug-likeness (QED) is 0.715. The molecule has 1 N–H and O–H groups in total. The molecule has 0 spiro atoms. The molecule has 0 saturated carbocycles. The zero-order valence-electron chi connectivity index (χ0n) is 15.4. The summed E-state index contributed by atoms with van der Waals surface area (Å²) in [4.78, 5) is 37.4. The van der Waals surface area contributed by atoms with Gasteiger partial charge in [0.15, 0.2) is 6.61 Å². The molecule has 1 heterocycles. The van der Waals surface area contributed by atoms with Gasteiger partial charge in [-0.05, 0) is 49.4 Å². The first-order chi connectivity index (χ1) is 13.5. The molecule has 0 fully saturated rings. The van der Waals surface area contributed by atoms with Gasteiger partial charge < -0.3 is 14.8 Å². The molecule has 1 aromatic heterocycles. The maximum atomic E-state index is 12.9. The van der Waals surface area contributed by atoms with Crippen LogP contribution >= 0.6 is 11.3 Å². The molecule has 28 heavy (non-hydrogen) atoms. The molecule has 8 heteroatoms. The lowest BCUT2D eigenvalue weighted by Gasteiger charge is -2.08. The van der Waals surface area contributed by atoms with E-state index in [1.165, 1.54) is 35.6 Å². The van der Waals surface area contributed by atoms with Gasteiger partial charge in [-0.2, -0.15) is 0 Å². The van der Waals surface area contributed by atoms with E-state index in [-0.39, 0.29) is 13.0 Å². The summed E-state index contributed by atoms with van der Waals surface area (Å²) in [6.45, 7) is 1.51. The van der Waals surface area contributed by atoms with Crippen molar-refractivity contribution in [2.24, 2.45) is 0 Å². The lowest BCUT2D eigenvalue weighted by atomic mass is 10.1. The van der Waals surface area contributed by atoms with E-state index in [1.807, 2.05) is 0 Å². The Balaban J connectivity index is 1.58. The van der Waals surface area contributed by atoms with E-state index in [1.54, 1.807) is 6.92 Å². The van der Waals surface area contributed by atoms with Crippen molar-refractivity contribution in [2.45, 2.75) is 32.6 Å². The summed E-state index contributed by atoms with van der Waals surface area (Å²) in [6, 6.07) is 5.47. The van der Waals surface area contributed by atoms with Crippen molar-refractivity contribution in [3.8, 4) is 0 Å².